The number of carbonyl (C=O) groups excluding carboxylic acids is 1. The van der Waals surface area contributed by atoms with Gasteiger partial charge in [-0.3, -0.25) is 9.59 Å². The maximum atomic E-state index is 11.6. The van der Waals surface area contributed by atoms with Crippen LogP contribution in [0.1, 0.15) is 27.2 Å². The average molecular weight is 270 g/mol. The molecule has 0 aromatic rings. The highest BCUT2D eigenvalue weighted by atomic mass is 16.6. The van der Waals surface area contributed by atoms with Crippen molar-refractivity contribution >= 4 is 17.9 Å². The predicted molar refractivity (Wildman–Crippen MR) is 67.5 cm³/mol. The van der Waals surface area contributed by atoms with E-state index in [1.54, 1.807) is 20.8 Å². The van der Waals surface area contributed by atoms with Crippen LogP contribution in [-0.2, 0) is 19.1 Å². The molecule has 0 spiro atoms. The fourth-order valence-electron chi connectivity index (χ4n) is 1.10. The van der Waals surface area contributed by atoms with Gasteiger partial charge < -0.3 is 14.9 Å². The summed E-state index contributed by atoms with van der Waals surface area (Å²) in [5, 5.41) is 17.3. The molecule has 106 valence electrons. The molecule has 19 heavy (non-hydrogen) atoms. The van der Waals surface area contributed by atoms with Crippen molar-refractivity contribution in [2.45, 2.75) is 32.8 Å². The van der Waals surface area contributed by atoms with Crippen LogP contribution in [0.2, 0.25) is 0 Å². The van der Waals surface area contributed by atoms with Crippen LogP contribution in [0.4, 0.5) is 0 Å². The van der Waals surface area contributed by atoms with E-state index in [4.69, 9.17) is 14.9 Å². The van der Waals surface area contributed by atoms with Gasteiger partial charge in [0.1, 0.15) is 5.60 Å². The second kappa shape index (κ2) is 7.35. The van der Waals surface area contributed by atoms with Gasteiger partial charge in [-0.25, -0.2) is 4.79 Å². The lowest BCUT2D eigenvalue weighted by molar-refractivity contribution is -0.166. The Hall–Kier alpha value is -2.11. The summed E-state index contributed by atoms with van der Waals surface area (Å²) in [4.78, 5) is 32.8. The first-order valence-corrected chi connectivity index (χ1v) is 5.65. The monoisotopic (exact) mass is 270 g/mol. The summed E-state index contributed by atoms with van der Waals surface area (Å²) < 4.78 is 4.99. The quantitative estimate of drug-likeness (QED) is 0.329. The second-order valence-electron chi connectivity index (χ2n) is 4.79. The van der Waals surface area contributed by atoms with Crippen LogP contribution in [0.5, 0.6) is 0 Å². The molecule has 0 aliphatic rings. The van der Waals surface area contributed by atoms with Crippen molar-refractivity contribution in [1.29, 1.82) is 0 Å². The van der Waals surface area contributed by atoms with Crippen molar-refractivity contribution in [2.24, 2.45) is 5.92 Å². The van der Waals surface area contributed by atoms with Gasteiger partial charge in [-0.2, -0.15) is 0 Å². The summed E-state index contributed by atoms with van der Waals surface area (Å²) in [5.41, 5.74) is -0.752. The topological polar surface area (TPSA) is 101 Å². The van der Waals surface area contributed by atoms with Crippen LogP contribution in [-0.4, -0.2) is 33.7 Å². The number of carbonyl (C=O) groups is 3. The molecule has 0 heterocycles. The Bertz CT molecular complexity index is 400. The lowest BCUT2D eigenvalue weighted by Crippen LogP contribution is -2.32. The number of rotatable bonds is 6. The van der Waals surface area contributed by atoms with Crippen LogP contribution < -0.4 is 0 Å². The zero-order chi connectivity index (χ0) is 15.1. The summed E-state index contributed by atoms with van der Waals surface area (Å²) in [6, 6.07) is 0. The SMILES string of the molecule is CC(C)(C)OC(=O)C(C/C=C/C=C/C(=O)O)C(=O)O. The molecule has 0 saturated heterocycles. The number of hydrogen-bond acceptors (Lipinski definition) is 4. The molecule has 0 saturated carbocycles. The van der Waals surface area contributed by atoms with Gasteiger partial charge in [0.15, 0.2) is 5.92 Å². The van der Waals surface area contributed by atoms with Crippen molar-refractivity contribution in [3.63, 3.8) is 0 Å². The van der Waals surface area contributed by atoms with E-state index in [0.29, 0.717) is 0 Å². The molecule has 0 radical (unpaired) electrons. The molecule has 0 bridgehead atoms. The largest absolute Gasteiger partial charge is 0.481 e. The van der Waals surface area contributed by atoms with E-state index < -0.39 is 29.4 Å². The van der Waals surface area contributed by atoms with E-state index in [2.05, 4.69) is 0 Å². The molecule has 0 aliphatic carbocycles. The molecular weight excluding hydrogens is 252 g/mol. The molecule has 0 aromatic carbocycles. The Morgan fingerprint density at radius 1 is 1.16 bits per heavy atom. The van der Waals surface area contributed by atoms with Crippen LogP contribution in [0.25, 0.3) is 0 Å². The van der Waals surface area contributed by atoms with Gasteiger partial charge in [0.25, 0.3) is 0 Å². The third-order valence-corrected chi connectivity index (χ3v) is 1.85. The van der Waals surface area contributed by atoms with Gasteiger partial charge in [0.2, 0.25) is 0 Å². The molecule has 0 fully saturated rings. The Labute approximate surface area is 111 Å². The maximum Gasteiger partial charge on any atom is 0.328 e. The first-order chi connectivity index (χ1) is 8.63. The van der Waals surface area contributed by atoms with E-state index in [1.807, 2.05) is 0 Å². The maximum absolute atomic E-state index is 11.6. The normalized spacial score (nSPS) is 13.6. The van der Waals surface area contributed by atoms with Crippen molar-refractivity contribution in [2.75, 3.05) is 0 Å². The fraction of sp³-hybridized carbons (Fsp3) is 0.462. The van der Waals surface area contributed by atoms with E-state index in [0.717, 1.165) is 6.08 Å². The minimum atomic E-state index is -1.30. The van der Waals surface area contributed by atoms with Gasteiger partial charge in [0.05, 0.1) is 0 Å². The van der Waals surface area contributed by atoms with Crippen LogP contribution in [0, 0.1) is 5.92 Å². The third-order valence-electron chi connectivity index (χ3n) is 1.85. The van der Waals surface area contributed by atoms with Gasteiger partial charge in [-0.05, 0) is 27.2 Å². The molecule has 1 atom stereocenters. The first kappa shape index (κ1) is 16.9. The summed E-state index contributed by atoms with van der Waals surface area (Å²) in [6.45, 7) is 4.94. The molecule has 0 rings (SSSR count). The van der Waals surface area contributed by atoms with E-state index in [9.17, 15) is 14.4 Å². The number of aliphatic carboxylic acids is 2. The van der Waals surface area contributed by atoms with Crippen molar-refractivity contribution in [3.05, 3.63) is 24.3 Å². The van der Waals surface area contributed by atoms with E-state index in [1.165, 1.54) is 18.2 Å². The second-order valence-corrected chi connectivity index (χ2v) is 4.79. The van der Waals surface area contributed by atoms with Gasteiger partial charge >= 0.3 is 17.9 Å². The van der Waals surface area contributed by atoms with Crippen molar-refractivity contribution in [3.8, 4) is 0 Å². The number of esters is 1. The first-order valence-electron chi connectivity index (χ1n) is 5.65. The van der Waals surface area contributed by atoms with Crippen molar-refractivity contribution in [1.82, 2.24) is 0 Å². The number of hydrogen-bond donors (Lipinski definition) is 2. The molecular formula is C13H18O6. The average Bonchev–Trinajstić information content (AvgIpc) is 2.19. The molecule has 2 N–H and O–H groups in total. The highest BCUT2D eigenvalue weighted by molar-refractivity contribution is 5.94. The molecule has 6 heteroatoms. The smallest absolute Gasteiger partial charge is 0.328 e. The van der Waals surface area contributed by atoms with Gasteiger partial charge in [0, 0.05) is 6.08 Å². The standard InChI is InChI=1S/C13H18O6/c1-13(2,3)19-12(18)9(11(16)17)7-5-4-6-8-10(14)15/h4-6,8-9H,7H2,1-3H3,(H,14,15)(H,16,17)/b5-4+,8-6+. The van der Waals surface area contributed by atoms with E-state index >= 15 is 0 Å². The summed E-state index contributed by atoms with van der Waals surface area (Å²) in [5.74, 6) is -4.49. The highest BCUT2D eigenvalue weighted by Crippen LogP contribution is 2.14. The summed E-state index contributed by atoms with van der Waals surface area (Å²) in [7, 11) is 0. The molecule has 0 aromatic heterocycles. The zero-order valence-corrected chi connectivity index (χ0v) is 11.1. The number of carboxylic acid groups (broad SMARTS) is 2. The molecule has 1 unspecified atom stereocenters. The van der Waals surface area contributed by atoms with Gasteiger partial charge in [-0.1, -0.05) is 18.2 Å². The minimum Gasteiger partial charge on any atom is -0.481 e. The lowest BCUT2D eigenvalue weighted by Gasteiger charge is -2.21. The number of allylic oxidation sites excluding steroid dienone is 3. The lowest BCUT2D eigenvalue weighted by atomic mass is 10.1. The Balaban J connectivity index is 4.55. The predicted octanol–water partition coefficient (Wildman–Crippen LogP) is 1.62. The Kier molecular flexibility index (Phi) is 6.54. The molecule has 0 aliphatic heterocycles. The zero-order valence-electron chi connectivity index (χ0n) is 11.1. The summed E-state index contributed by atoms with van der Waals surface area (Å²) in [6.07, 6.45) is 4.86. The van der Waals surface area contributed by atoms with Crippen LogP contribution in [0.15, 0.2) is 24.3 Å². The molecule has 6 nitrogen and oxygen atoms in total. The van der Waals surface area contributed by atoms with E-state index in [-0.39, 0.29) is 6.42 Å². The number of carboxylic acids is 2. The van der Waals surface area contributed by atoms with Crippen molar-refractivity contribution < 1.29 is 29.3 Å². The Morgan fingerprint density at radius 2 is 1.74 bits per heavy atom. The highest BCUT2D eigenvalue weighted by Gasteiger charge is 2.29. The molecule has 0 amide bonds. The fourth-order valence-corrected chi connectivity index (χ4v) is 1.10. The van der Waals surface area contributed by atoms with Crippen LogP contribution in [0.3, 0.4) is 0 Å². The number of ether oxygens (including phenoxy) is 1. The van der Waals surface area contributed by atoms with Crippen LogP contribution >= 0.6 is 0 Å². The minimum absolute atomic E-state index is 0.0613. The van der Waals surface area contributed by atoms with Gasteiger partial charge in [-0.15, -0.1) is 0 Å². The third kappa shape index (κ3) is 8.59. The Morgan fingerprint density at radius 3 is 2.16 bits per heavy atom. The summed E-state index contributed by atoms with van der Waals surface area (Å²) >= 11 is 0.